The third kappa shape index (κ3) is 12.2. The Morgan fingerprint density at radius 3 is 0.922 bits per heavy atom. The van der Waals surface area contributed by atoms with Crippen molar-refractivity contribution in [3.05, 3.63) is 185 Å². The lowest BCUT2D eigenvalue weighted by atomic mass is 9.65. The second-order valence-electron chi connectivity index (χ2n) is 17.8. The van der Waals surface area contributed by atoms with Gasteiger partial charge in [0.15, 0.2) is 116 Å². The zero-order valence-electron chi connectivity index (χ0n) is 42.5. The Bertz CT molecular complexity index is 3610. The summed E-state index contributed by atoms with van der Waals surface area (Å²) in [6.07, 6.45) is -13.7. The SMILES string of the molecule is [N-]=[N+]=NC1=C(F)C(F)C(CC(COCC(COC(=O)c2c(F)c(F)c(N=[N+]=[N-])c(F)c2F)(COC(=O)c2c(F)c(F)c(N=[N+]=[N-])c(F)c2F)COC(=O)c2c(F)c(F)c(N=[N+]=[N-])c(F)c2F)CC2(C(=O)O)C(F)=C(F)C(N=[N+]=[N-])=C(F)C2F)(C(=O)O)C(F)=C1F. The van der Waals surface area contributed by atoms with Gasteiger partial charge in [0.05, 0.1) is 12.0 Å². The van der Waals surface area contributed by atoms with E-state index in [0.29, 0.717) is 0 Å². The number of carboxylic acid groups (broad SMARTS) is 2. The molecule has 46 heteroatoms. The first-order chi connectivity index (χ1) is 42.1. The Morgan fingerprint density at radius 2 is 0.689 bits per heavy atom. The van der Waals surface area contributed by atoms with Crippen LogP contribution in [0.3, 0.4) is 0 Å². The zero-order chi connectivity index (χ0) is 68.0. The van der Waals surface area contributed by atoms with Crippen molar-refractivity contribution in [3.8, 4) is 0 Å². The number of esters is 3. The van der Waals surface area contributed by atoms with Crippen LogP contribution in [0.5, 0.6) is 0 Å². The molecule has 4 unspecified atom stereocenters. The Hall–Kier alpha value is -10.9. The molecule has 4 atom stereocenters. The molecule has 0 bridgehead atoms. The van der Waals surface area contributed by atoms with Crippen molar-refractivity contribution >= 4 is 46.9 Å². The van der Waals surface area contributed by atoms with Crippen LogP contribution >= 0.6 is 0 Å². The molecule has 2 N–H and O–H groups in total. The summed E-state index contributed by atoms with van der Waals surface area (Å²) >= 11 is 0. The minimum absolute atomic E-state index is 1.85. The molecule has 26 nitrogen and oxygen atoms in total. The van der Waals surface area contributed by atoms with Crippen molar-refractivity contribution in [2.24, 2.45) is 47.7 Å². The van der Waals surface area contributed by atoms with Gasteiger partial charge in [-0.1, -0.05) is 25.6 Å². The molecule has 5 rings (SSSR count). The van der Waals surface area contributed by atoms with Crippen LogP contribution in [0.4, 0.5) is 105 Å². The number of ether oxygens (including phenoxy) is 4. The molecule has 0 amide bonds. The highest BCUT2D eigenvalue weighted by Gasteiger charge is 2.63. The number of carbonyl (C=O) groups is 5. The van der Waals surface area contributed by atoms with Crippen LogP contribution in [0.2, 0.25) is 0 Å². The van der Waals surface area contributed by atoms with Gasteiger partial charge in [0.1, 0.15) is 76.6 Å². The molecule has 0 aliphatic heterocycles. The van der Waals surface area contributed by atoms with Crippen molar-refractivity contribution in [2.45, 2.75) is 25.2 Å². The number of allylic oxidation sites excluding steroid dienone is 4. The van der Waals surface area contributed by atoms with Crippen molar-refractivity contribution in [2.75, 3.05) is 33.0 Å². The molecular weight excluding hydrogens is 1290 g/mol. The molecule has 3 aromatic rings. The maximum absolute atomic E-state index is 16.3. The highest BCUT2D eigenvalue weighted by Crippen LogP contribution is 2.56. The molecule has 3 aromatic carbocycles. The molecular formula is C44H19F20N15O11. The van der Waals surface area contributed by atoms with Crippen LogP contribution in [0, 0.1) is 92.0 Å². The van der Waals surface area contributed by atoms with E-state index in [1.807, 2.05) is 24.6 Å². The zero-order valence-corrected chi connectivity index (χ0v) is 42.5. The van der Waals surface area contributed by atoms with Crippen molar-refractivity contribution in [1.29, 1.82) is 0 Å². The molecule has 0 spiro atoms. The predicted octanol–water partition coefficient (Wildman–Crippen LogP) is 14.6. The molecule has 0 saturated carbocycles. The summed E-state index contributed by atoms with van der Waals surface area (Å²) < 4.78 is 327. The standard InChI is InChI=1S/C44H19F20N15O11/c45-12-9(13(46)19(52)28(18(12)51)70-75-65)37(80)88-5-42(6-89-38(81)10-14(47)20(53)29(71-76-66)21(54)15(10)48,7-90-39(82)11-16(49)22(55)30(72-77-67)23(56)17(11)50)4-87-3-8(1-43(40(83)84)33(61)24(57)31(73-78-68)25(58)34(43)62)2-44(41(85)86)35(63)26(59)32(74-79-69)27(60)36(44)64/h8,33,35H,1-7H2,(H,83,84)(H,85,86). The van der Waals surface area contributed by atoms with Crippen LogP contribution in [-0.4, -0.2) is 85.4 Å². The van der Waals surface area contributed by atoms with E-state index in [0.717, 1.165) is 0 Å². The number of alkyl halides is 2. The highest BCUT2D eigenvalue weighted by molar-refractivity contribution is 5.92. The maximum atomic E-state index is 16.3. The van der Waals surface area contributed by atoms with Gasteiger partial charge < -0.3 is 29.2 Å². The summed E-state index contributed by atoms with van der Waals surface area (Å²) in [6.45, 7) is -11.7. The molecule has 476 valence electrons. The molecule has 2 aliphatic carbocycles. The summed E-state index contributed by atoms with van der Waals surface area (Å²) in [5, 5.41) is 32.0. The number of rotatable bonds is 24. The van der Waals surface area contributed by atoms with Crippen LogP contribution < -0.4 is 0 Å². The summed E-state index contributed by atoms with van der Waals surface area (Å²) in [5.41, 5.74) is 11.3. The van der Waals surface area contributed by atoms with E-state index < -0.39 is 260 Å². The van der Waals surface area contributed by atoms with E-state index in [1.165, 1.54) is 0 Å². The van der Waals surface area contributed by atoms with Gasteiger partial charge in [0.2, 0.25) is 0 Å². The fraction of sp³-hybridized carbons (Fsp3) is 0.295. The van der Waals surface area contributed by atoms with Crippen molar-refractivity contribution < 1.29 is 141 Å². The van der Waals surface area contributed by atoms with Crippen molar-refractivity contribution in [3.63, 3.8) is 0 Å². The summed E-state index contributed by atoms with van der Waals surface area (Å²) in [7, 11) is 0. The second kappa shape index (κ2) is 27.4. The molecule has 0 aromatic heterocycles. The maximum Gasteiger partial charge on any atom is 0.344 e. The lowest BCUT2D eigenvalue weighted by Crippen LogP contribution is -2.50. The summed E-state index contributed by atoms with van der Waals surface area (Å²) in [5.74, 6) is -69.8. The number of azide groups is 5. The van der Waals surface area contributed by atoms with E-state index in [4.69, 9.17) is 32.4 Å². The van der Waals surface area contributed by atoms with E-state index in [-0.39, 0.29) is 0 Å². The van der Waals surface area contributed by atoms with Gasteiger partial charge in [-0.15, -0.1) is 0 Å². The van der Waals surface area contributed by atoms with E-state index in [9.17, 15) is 60.5 Å². The first-order valence-corrected chi connectivity index (χ1v) is 22.7. The van der Waals surface area contributed by atoms with Crippen LogP contribution in [0.15, 0.2) is 71.9 Å². The Labute approximate surface area is 478 Å². The van der Waals surface area contributed by atoms with Crippen LogP contribution in [-0.2, 0) is 28.5 Å². The van der Waals surface area contributed by atoms with Gasteiger partial charge >= 0.3 is 29.8 Å². The first-order valence-electron chi connectivity index (χ1n) is 22.7. The van der Waals surface area contributed by atoms with Gasteiger partial charge in [-0.3, -0.25) is 9.59 Å². The fourth-order valence-corrected chi connectivity index (χ4v) is 8.40. The smallest absolute Gasteiger partial charge is 0.344 e. The molecule has 90 heavy (non-hydrogen) atoms. The quantitative estimate of drug-likeness (QED) is 0.0161. The molecule has 2 aliphatic rings. The molecule has 0 saturated heterocycles. The number of nitrogens with zero attached hydrogens (tertiary/aromatic N) is 15. The van der Waals surface area contributed by atoms with Crippen LogP contribution in [0.1, 0.15) is 43.9 Å². The first kappa shape index (κ1) is 69.8. The monoisotopic (exact) mass is 1310 g/mol. The number of benzene rings is 3. The Kier molecular flexibility index (Phi) is 21.3. The minimum Gasteiger partial charge on any atom is -0.480 e. The molecule has 0 radical (unpaired) electrons. The molecule has 0 fully saturated rings. The minimum atomic E-state index is -4.69. The largest absolute Gasteiger partial charge is 0.480 e. The van der Waals surface area contributed by atoms with E-state index in [2.05, 4.69) is 39.8 Å². The van der Waals surface area contributed by atoms with Gasteiger partial charge in [-0.05, 0) is 46.4 Å². The predicted molar refractivity (Wildman–Crippen MR) is 245 cm³/mol. The normalized spacial score (nSPS) is 19.1. The Morgan fingerprint density at radius 1 is 0.433 bits per heavy atom. The number of hydrogen-bond donors (Lipinski definition) is 2. The lowest BCUT2D eigenvalue weighted by molar-refractivity contribution is -0.156. The van der Waals surface area contributed by atoms with Crippen LogP contribution in [0.25, 0.3) is 52.2 Å². The van der Waals surface area contributed by atoms with Gasteiger partial charge in [-0.25, -0.2) is 102 Å². The highest BCUT2D eigenvalue weighted by atomic mass is 19.2. The van der Waals surface area contributed by atoms with Crippen molar-refractivity contribution in [1.82, 2.24) is 0 Å². The summed E-state index contributed by atoms with van der Waals surface area (Å²) in [4.78, 5) is 75.4. The van der Waals surface area contributed by atoms with Gasteiger partial charge in [0, 0.05) is 31.2 Å². The fourth-order valence-electron chi connectivity index (χ4n) is 8.40. The van der Waals surface area contributed by atoms with Gasteiger partial charge in [0.25, 0.3) is 0 Å². The van der Waals surface area contributed by atoms with E-state index >= 15 is 61.5 Å². The second-order valence-corrected chi connectivity index (χ2v) is 17.8. The molecule has 0 heterocycles. The number of aliphatic carboxylic acids is 2. The summed E-state index contributed by atoms with van der Waals surface area (Å²) in [6, 6.07) is 0. The third-order valence-corrected chi connectivity index (χ3v) is 12.7. The van der Waals surface area contributed by atoms with Gasteiger partial charge in [-0.2, -0.15) is 0 Å². The number of carbonyl (C=O) groups excluding carboxylic acids is 3. The Balaban J connectivity index is 1.83. The average Bonchev–Trinajstić information content (AvgIpc) is 0.804. The lowest BCUT2D eigenvalue weighted by Gasteiger charge is -2.40. The third-order valence-electron chi connectivity index (χ3n) is 12.7. The number of hydrogen-bond acceptors (Lipinski definition) is 14. The average molecular weight is 1310 g/mol. The number of halogens is 20. The topological polar surface area (TPSA) is 407 Å². The van der Waals surface area contributed by atoms with E-state index in [1.54, 1.807) is 0 Å². The number of carboxylic acids is 2.